The van der Waals surface area contributed by atoms with Crippen LogP contribution < -0.4 is 5.73 Å². The van der Waals surface area contributed by atoms with E-state index in [0.29, 0.717) is 10.2 Å². The summed E-state index contributed by atoms with van der Waals surface area (Å²) in [5, 5.41) is 0. The van der Waals surface area contributed by atoms with Crippen molar-refractivity contribution >= 4 is 37.8 Å². The first-order valence-electron chi connectivity index (χ1n) is 3.74. The SMILES string of the molecule is CC(C(N)=O)c1cc(F)c(Br)nc1Br. The van der Waals surface area contributed by atoms with Crippen LogP contribution in [-0.4, -0.2) is 10.9 Å². The number of rotatable bonds is 2. The Bertz CT molecular complexity index is 384. The van der Waals surface area contributed by atoms with Gasteiger partial charge in [-0.25, -0.2) is 9.37 Å². The smallest absolute Gasteiger partial charge is 0.224 e. The minimum Gasteiger partial charge on any atom is -0.369 e. The van der Waals surface area contributed by atoms with Gasteiger partial charge in [0.1, 0.15) is 9.21 Å². The van der Waals surface area contributed by atoms with Crippen LogP contribution in [0.5, 0.6) is 0 Å². The molecule has 0 bridgehead atoms. The number of nitrogens with zero attached hydrogens (tertiary/aromatic N) is 1. The molecular weight excluding hydrogens is 319 g/mol. The van der Waals surface area contributed by atoms with Crippen molar-refractivity contribution in [2.45, 2.75) is 12.8 Å². The van der Waals surface area contributed by atoms with Crippen molar-refractivity contribution < 1.29 is 9.18 Å². The molecule has 6 heteroatoms. The molecule has 0 saturated heterocycles. The molecule has 76 valence electrons. The first-order chi connectivity index (χ1) is 6.43. The van der Waals surface area contributed by atoms with Crippen LogP contribution in [0.4, 0.5) is 4.39 Å². The summed E-state index contributed by atoms with van der Waals surface area (Å²) in [6.45, 7) is 1.59. The number of aromatic nitrogens is 1. The third-order valence-electron chi connectivity index (χ3n) is 1.81. The summed E-state index contributed by atoms with van der Waals surface area (Å²) >= 11 is 6.07. The molecule has 1 rings (SSSR count). The van der Waals surface area contributed by atoms with Gasteiger partial charge < -0.3 is 5.73 Å². The monoisotopic (exact) mass is 324 g/mol. The number of carbonyl (C=O) groups excluding carboxylic acids is 1. The highest BCUT2D eigenvalue weighted by Gasteiger charge is 2.18. The number of primary amides is 1. The molecule has 0 spiro atoms. The second-order valence-electron chi connectivity index (χ2n) is 2.77. The maximum absolute atomic E-state index is 13.1. The highest BCUT2D eigenvalue weighted by Crippen LogP contribution is 2.26. The molecule has 3 nitrogen and oxygen atoms in total. The fourth-order valence-electron chi connectivity index (χ4n) is 0.917. The van der Waals surface area contributed by atoms with E-state index in [1.165, 1.54) is 6.07 Å². The lowest BCUT2D eigenvalue weighted by atomic mass is 10.0. The van der Waals surface area contributed by atoms with E-state index in [2.05, 4.69) is 36.8 Å². The maximum atomic E-state index is 13.1. The largest absolute Gasteiger partial charge is 0.369 e. The summed E-state index contributed by atoms with van der Waals surface area (Å²) in [5.74, 6) is -1.61. The van der Waals surface area contributed by atoms with Crippen LogP contribution in [0.15, 0.2) is 15.3 Å². The van der Waals surface area contributed by atoms with E-state index < -0.39 is 17.6 Å². The average molecular weight is 326 g/mol. The lowest BCUT2D eigenvalue weighted by Crippen LogP contribution is -2.19. The van der Waals surface area contributed by atoms with E-state index in [0.717, 1.165) is 0 Å². The van der Waals surface area contributed by atoms with Gasteiger partial charge in [-0.05, 0) is 44.8 Å². The van der Waals surface area contributed by atoms with Crippen molar-refractivity contribution in [1.29, 1.82) is 0 Å². The molecule has 0 aliphatic heterocycles. The standard InChI is InChI=1S/C8H7Br2FN2O/c1-3(8(12)14)4-2-5(11)7(10)13-6(4)9/h2-3H,1H3,(H2,12,14). The van der Waals surface area contributed by atoms with Crippen molar-refractivity contribution in [1.82, 2.24) is 4.98 Å². The molecule has 14 heavy (non-hydrogen) atoms. The number of halogens is 3. The van der Waals surface area contributed by atoms with E-state index in [1.54, 1.807) is 6.92 Å². The number of nitrogens with two attached hydrogens (primary N) is 1. The Hall–Kier alpha value is -0.490. The first-order valence-corrected chi connectivity index (χ1v) is 5.33. The second-order valence-corrected chi connectivity index (χ2v) is 4.27. The van der Waals surface area contributed by atoms with Crippen molar-refractivity contribution in [2.75, 3.05) is 0 Å². The van der Waals surface area contributed by atoms with Crippen LogP contribution in [0.1, 0.15) is 18.4 Å². The van der Waals surface area contributed by atoms with Gasteiger partial charge in [0.05, 0.1) is 5.92 Å². The minimum atomic E-state index is -0.570. The molecular formula is C8H7Br2FN2O. The Labute approximate surface area is 97.1 Å². The fourth-order valence-corrected chi connectivity index (χ4v) is 2.08. The summed E-state index contributed by atoms with van der Waals surface area (Å²) in [4.78, 5) is 14.7. The zero-order valence-corrected chi connectivity index (χ0v) is 10.4. The van der Waals surface area contributed by atoms with Gasteiger partial charge in [0.15, 0.2) is 5.82 Å². The van der Waals surface area contributed by atoms with E-state index >= 15 is 0 Å². The molecule has 1 aromatic heterocycles. The van der Waals surface area contributed by atoms with Crippen LogP contribution in [0, 0.1) is 5.82 Å². The first kappa shape index (κ1) is 11.6. The summed E-state index contributed by atoms with van der Waals surface area (Å²) in [5.41, 5.74) is 5.55. The maximum Gasteiger partial charge on any atom is 0.224 e. The molecule has 1 atom stereocenters. The van der Waals surface area contributed by atoms with Crippen LogP contribution in [0.3, 0.4) is 0 Å². The number of hydrogen-bond donors (Lipinski definition) is 1. The normalized spacial score (nSPS) is 12.6. The predicted molar refractivity (Wildman–Crippen MR) is 57.2 cm³/mol. The summed E-state index contributed by atoms with van der Waals surface area (Å²) < 4.78 is 13.6. The van der Waals surface area contributed by atoms with Gasteiger partial charge >= 0.3 is 0 Å². The quantitative estimate of drug-likeness (QED) is 0.848. The lowest BCUT2D eigenvalue weighted by Gasteiger charge is -2.09. The van der Waals surface area contributed by atoms with Crippen molar-refractivity contribution in [3.05, 3.63) is 26.7 Å². The number of pyridine rings is 1. The zero-order valence-electron chi connectivity index (χ0n) is 7.22. The summed E-state index contributed by atoms with van der Waals surface area (Å²) in [7, 11) is 0. The zero-order chi connectivity index (χ0) is 10.9. The Morgan fingerprint density at radius 2 is 2.14 bits per heavy atom. The van der Waals surface area contributed by atoms with Crippen molar-refractivity contribution in [3.63, 3.8) is 0 Å². The Morgan fingerprint density at radius 3 is 2.64 bits per heavy atom. The molecule has 0 aliphatic carbocycles. The van der Waals surface area contributed by atoms with Gasteiger partial charge in [-0.3, -0.25) is 4.79 Å². The van der Waals surface area contributed by atoms with Gasteiger partial charge in [0.25, 0.3) is 0 Å². The van der Waals surface area contributed by atoms with Gasteiger partial charge in [-0.2, -0.15) is 0 Å². The van der Waals surface area contributed by atoms with Crippen LogP contribution in [0.2, 0.25) is 0 Å². The average Bonchev–Trinajstić information content (AvgIpc) is 2.10. The molecule has 0 radical (unpaired) electrons. The molecule has 1 amide bonds. The van der Waals surface area contributed by atoms with Crippen LogP contribution >= 0.6 is 31.9 Å². The molecule has 1 unspecified atom stereocenters. The fraction of sp³-hybridized carbons (Fsp3) is 0.250. The molecule has 0 aromatic carbocycles. The third-order valence-corrected chi connectivity index (χ3v) is 3.00. The number of carbonyl (C=O) groups is 1. The van der Waals surface area contributed by atoms with Gasteiger partial charge in [0, 0.05) is 5.56 Å². The molecule has 0 saturated carbocycles. The Balaban J connectivity index is 3.22. The van der Waals surface area contributed by atoms with Gasteiger partial charge in [0.2, 0.25) is 5.91 Å². The van der Waals surface area contributed by atoms with Crippen LogP contribution in [-0.2, 0) is 4.79 Å². The second kappa shape index (κ2) is 4.35. The molecule has 1 aromatic rings. The number of amides is 1. The lowest BCUT2D eigenvalue weighted by molar-refractivity contribution is -0.119. The highest BCUT2D eigenvalue weighted by atomic mass is 79.9. The van der Waals surface area contributed by atoms with Crippen LogP contribution in [0.25, 0.3) is 0 Å². The number of hydrogen-bond acceptors (Lipinski definition) is 2. The van der Waals surface area contributed by atoms with E-state index in [4.69, 9.17) is 5.73 Å². The topological polar surface area (TPSA) is 56.0 Å². The molecule has 2 N–H and O–H groups in total. The van der Waals surface area contributed by atoms with Crippen molar-refractivity contribution in [2.24, 2.45) is 5.73 Å². The molecule has 1 heterocycles. The predicted octanol–water partition coefficient (Wildman–Crippen LogP) is 2.33. The molecule has 0 aliphatic rings. The summed E-state index contributed by atoms with van der Waals surface area (Å²) in [6.07, 6.45) is 0. The van der Waals surface area contributed by atoms with E-state index in [-0.39, 0.29) is 4.60 Å². The van der Waals surface area contributed by atoms with E-state index in [1.807, 2.05) is 0 Å². The third kappa shape index (κ3) is 2.30. The minimum absolute atomic E-state index is 0.102. The summed E-state index contributed by atoms with van der Waals surface area (Å²) in [6, 6.07) is 1.23. The molecule has 0 fully saturated rings. The Morgan fingerprint density at radius 1 is 1.57 bits per heavy atom. The highest BCUT2D eigenvalue weighted by molar-refractivity contribution is 9.11. The van der Waals surface area contributed by atoms with E-state index in [9.17, 15) is 9.18 Å². The Kier molecular flexibility index (Phi) is 3.60. The van der Waals surface area contributed by atoms with Gasteiger partial charge in [-0.15, -0.1) is 0 Å². The van der Waals surface area contributed by atoms with Gasteiger partial charge in [-0.1, -0.05) is 0 Å². The van der Waals surface area contributed by atoms with Crippen molar-refractivity contribution in [3.8, 4) is 0 Å².